The van der Waals surface area contributed by atoms with Gasteiger partial charge < -0.3 is 0 Å². The fourth-order valence-electron chi connectivity index (χ4n) is 3.75. The lowest BCUT2D eigenvalue weighted by Gasteiger charge is -2.21. The smallest absolute Gasteiger partial charge is 0.0257 e. The second kappa shape index (κ2) is 5.02. The van der Waals surface area contributed by atoms with Gasteiger partial charge in [-0.2, -0.15) is 0 Å². The molecule has 0 N–H and O–H groups in total. The molecule has 2 aliphatic rings. The summed E-state index contributed by atoms with van der Waals surface area (Å²) in [5.74, 6) is 4.26. The molecular formula is C16H21Cl. The van der Waals surface area contributed by atoms with Crippen LogP contribution in [0.15, 0.2) is 30.3 Å². The minimum absolute atomic E-state index is 0.782. The molecule has 1 heteroatoms. The van der Waals surface area contributed by atoms with Crippen LogP contribution in [0.25, 0.3) is 0 Å². The zero-order valence-corrected chi connectivity index (χ0v) is 11.1. The Morgan fingerprint density at radius 2 is 1.82 bits per heavy atom. The third kappa shape index (κ3) is 2.38. The van der Waals surface area contributed by atoms with Crippen LogP contribution in [0.5, 0.6) is 0 Å². The zero-order valence-electron chi connectivity index (χ0n) is 10.3. The third-order valence-corrected chi connectivity index (χ3v) is 5.16. The Kier molecular flexibility index (Phi) is 3.42. The van der Waals surface area contributed by atoms with Crippen LogP contribution in [0.2, 0.25) is 0 Å². The first-order valence-electron chi connectivity index (χ1n) is 7.01. The van der Waals surface area contributed by atoms with Crippen LogP contribution in [0, 0.1) is 17.8 Å². The Morgan fingerprint density at radius 3 is 2.47 bits per heavy atom. The predicted octanol–water partition coefficient (Wildman–Crippen LogP) is 4.84. The first-order chi connectivity index (χ1) is 8.40. The van der Waals surface area contributed by atoms with Crippen molar-refractivity contribution in [1.29, 1.82) is 0 Å². The number of benzene rings is 1. The monoisotopic (exact) mass is 248 g/mol. The number of hydrogen-bond donors (Lipinski definition) is 0. The van der Waals surface area contributed by atoms with Gasteiger partial charge in [0.05, 0.1) is 0 Å². The van der Waals surface area contributed by atoms with E-state index < -0.39 is 0 Å². The molecule has 2 saturated carbocycles. The zero-order chi connectivity index (χ0) is 11.7. The molecule has 0 bridgehead atoms. The van der Waals surface area contributed by atoms with E-state index in [-0.39, 0.29) is 0 Å². The first kappa shape index (κ1) is 11.6. The van der Waals surface area contributed by atoms with Crippen molar-refractivity contribution in [2.75, 3.05) is 5.88 Å². The normalized spacial score (nSPS) is 30.4. The second-order valence-corrected chi connectivity index (χ2v) is 6.09. The highest BCUT2D eigenvalue weighted by Gasteiger charge is 2.46. The average molecular weight is 249 g/mol. The highest BCUT2D eigenvalue weighted by Crippen LogP contribution is 2.55. The molecule has 2 aliphatic carbocycles. The summed E-state index contributed by atoms with van der Waals surface area (Å²) < 4.78 is 0. The summed E-state index contributed by atoms with van der Waals surface area (Å²) in [4.78, 5) is 0. The van der Waals surface area contributed by atoms with Crippen LogP contribution < -0.4 is 0 Å². The largest absolute Gasteiger partial charge is 0.126 e. The average Bonchev–Trinajstić information content (AvgIpc) is 2.97. The van der Waals surface area contributed by atoms with Gasteiger partial charge in [0.15, 0.2) is 0 Å². The minimum Gasteiger partial charge on any atom is -0.126 e. The molecular weight excluding hydrogens is 228 g/mol. The molecule has 3 rings (SSSR count). The molecule has 3 unspecified atom stereocenters. The van der Waals surface area contributed by atoms with Crippen molar-refractivity contribution in [3.8, 4) is 0 Å². The van der Waals surface area contributed by atoms with Gasteiger partial charge in [0.2, 0.25) is 0 Å². The van der Waals surface area contributed by atoms with Gasteiger partial charge in [0, 0.05) is 5.88 Å². The van der Waals surface area contributed by atoms with Gasteiger partial charge in [-0.1, -0.05) is 56.0 Å². The number of halogens is 1. The molecule has 1 aromatic carbocycles. The molecule has 0 saturated heterocycles. The van der Waals surface area contributed by atoms with E-state index in [4.69, 9.17) is 11.6 Å². The third-order valence-electron chi connectivity index (χ3n) is 4.80. The topological polar surface area (TPSA) is 0 Å². The lowest BCUT2D eigenvalue weighted by atomic mass is 9.86. The van der Waals surface area contributed by atoms with E-state index in [9.17, 15) is 0 Å². The fourth-order valence-corrected chi connectivity index (χ4v) is 4.23. The summed E-state index contributed by atoms with van der Waals surface area (Å²) in [6, 6.07) is 11.0. The summed E-state index contributed by atoms with van der Waals surface area (Å²) in [5, 5.41) is 0. The van der Waals surface area contributed by atoms with E-state index in [0.717, 1.165) is 29.6 Å². The molecule has 1 aromatic rings. The van der Waals surface area contributed by atoms with Crippen molar-refractivity contribution in [3.05, 3.63) is 35.9 Å². The van der Waals surface area contributed by atoms with E-state index in [2.05, 4.69) is 30.3 Å². The maximum atomic E-state index is 6.24. The maximum absolute atomic E-state index is 6.24. The van der Waals surface area contributed by atoms with Gasteiger partial charge >= 0.3 is 0 Å². The lowest BCUT2D eigenvalue weighted by Crippen LogP contribution is -2.16. The fraction of sp³-hybridized carbons (Fsp3) is 0.625. The molecule has 92 valence electrons. The number of alkyl halides is 1. The SMILES string of the molecule is ClCC(C1CCCC1)C1CC1c1ccccc1. The molecule has 2 fully saturated rings. The summed E-state index contributed by atoms with van der Waals surface area (Å²) in [6.45, 7) is 0. The van der Waals surface area contributed by atoms with E-state index in [0.29, 0.717) is 0 Å². The summed E-state index contributed by atoms with van der Waals surface area (Å²) in [6.07, 6.45) is 7.09. The van der Waals surface area contributed by atoms with Crippen molar-refractivity contribution in [1.82, 2.24) is 0 Å². The van der Waals surface area contributed by atoms with Crippen molar-refractivity contribution in [3.63, 3.8) is 0 Å². The van der Waals surface area contributed by atoms with E-state index in [1.54, 1.807) is 0 Å². The second-order valence-electron chi connectivity index (χ2n) is 5.78. The van der Waals surface area contributed by atoms with Crippen molar-refractivity contribution in [2.45, 2.75) is 38.0 Å². The van der Waals surface area contributed by atoms with Crippen LogP contribution in [-0.4, -0.2) is 5.88 Å². The molecule has 0 radical (unpaired) electrons. The summed E-state index contributed by atoms with van der Waals surface area (Å²) in [5.41, 5.74) is 1.53. The van der Waals surface area contributed by atoms with Crippen LogP contribution in [-0.2, 0) is 0 Å². The highest BCUT2D eigenvalue weighted by molar-refractivity contribution is 6.18. The van der Waals surface area contributed by atoms with E-state index in [1.807, 2.05) is 0 Å². The number of rotatable bonds is 4. The lowest BCUT2D eigenvalue weighted by molar-refractivity contribution is 0.327. The highest BCUT2D eigenvalue weighted by atomic mass is 35.5. The van der Waals surface area contributed by atoms with Crippen molar-refractivity contribution >= 4 is 11.6 Å². The Bertz CT molecular complexity index is 353. The van der Waals surface area contributed by atoms with Crippen molar-refractivity contribution < 1.29 is 0 Å². The van der Waals surface area contributed by atoms with Gasteiger partial charge in [0.25, 0.3) is 0 Å². The Labute approximate surface area is 109 Å². The van der Waals surface area contributed by atoms with Crippen molar-refractivity contribution in [2.24, 2.45) is 17.8 Å². The summed E-state index contributed by atoms with van der Waals surface area (Å²) in [7, 11) is 0. The Balaban J connectivity index is 1.66. The Hall–Kier alpha value is -0.490. The first-order valence-corrected chi connectivity index (χ1v) is 7.54. The van der Waals surface area contributed by atoms with E-state index >= 15 is 0 Å². The number of hydrogen-bond acceptors (Lipinski definition) is 0. The quantitative estimate of drug-likeness (QED) is 0.669. The molecule has 0 aromatic heterocycles. The van der Waals surface area contributed by atoms with Gasteiger partial charge in [-0.15, -0.1) is 11.6 Å². The molecule has 0 nitrogen and oxygen atoms in total. The maximum Gasteiger partial charge on any atom is 0.0257 e. The Morgan fingerprint density at radius 1 is 1.12 bits per heavy atom. The van der Waals surface area contributed by atoms with Crippen LogP contribution in [0.1, 0.15) is 43.6 Å². The van der Waals surface area contributed by atoms with Gasteiger partial charge in [-0.25, -0.2) is 0 Å². The molecule has 0 heterocycles. The molecule has 17 heavy (non-hydrogen) atoms. The molecule has 0 amide bonds. The molecule has 0 aliphatic heterocycles. The molecule has 0 spiro atoms. The van der Waals surface area contributed by atoms with Crippen LogP contribution >= 0.6 is 11.6 Å². The van der Waals surface area contributed by atoms with Crippen LogP contribution in [0.3, 0.4) is 0 Å². The van der Waals surface area contributed by atoms with Gasteiger partial charge in [-0.3, -0.25) is 0 Å². The van der Waals surface area contributed by atoms with Gasteiger partial charge in [0.1, 0.15) is 0 Å². The summed E-state index contributed by atoms with van der Waals surface area (Å²) >= 11 is 6.24. The van der Waals surface area contributed by atoms with Gasteiger partial charge in [-0.05, 0) is 35.7 Å². The van der Waals surface area contributed by atoms with Crippen LogP contribution in [0.4, 0.5) is 0 Å². The minimum atomic E-state index is 0.782. The molecule has 3 atom stereocenters. The van der Waals surface area contributed by atoms with E-state index in [1.165, 1.54) is 37.7 Å². The predicted molar refractivity (Wildman–Crippen MR) is 73.5 cm³/mol. The standard InChI is InChI=1S/C16H21Cl/c17-11-16(13-8-4-5-9-13)15-10-14(15)12-6-2-1-3-7-12/h1-3,6-7,13-16H,4-5,8-11H2.